The minimum absolute atomic E-state index is 0.00890. The van der Waals surface area contributed by atoms with E-state index in [2.05, 4.69) is 42.5 Å². The number of ether oxygens (including phenoxy) is 2. The second kappa shape index (κ2) is 28.9. The van der Waals surface area contributed by atoms with Gasteiger partial charge in [0.2, 0.25) is 65.0 Å². The van der Waals surface area contributed by atoms with Gasteiger partial charge in [0.15, 0.2) is 6.29 Å². The quantitative estimate of drug-likeness (QED) is 0.0346. The van der Waals surface area contributed by atoms with Crippen LogP contribution in [0.3, 0.4) is 0 Å². The van der Waals surface area contributed by atoms with E-state index in [-0.39, 0.29) is 31.7 Å². The van der Waals surface area contributed by atoms with Crippen molar-refractivity contribution < 1.29 is 87.4 Å². The Balaban J connectivity index is 2.47. The van der Waals surface area contributed by atoms with Crippen LogP contribution in [0.2, 0.25) is 0 Å². The molecular formula is C42H69N11O18. The number of hydrogen-bond acceptors (Lipinski definition) is 17. The van der Waals surface area contributed by atoms with E-state index < -0.39 is 183 Å². The van der Waals surface area contributed by atoms with Crippen LogP contribution >= 0.6 is 0 Å². The summed E-state index contributed by atoms with van der Waals surface area (Å²) < 4.78 is 11.6. The lowest BCUT2D eigenvalue weighted by atomic mass is 9.96. The summed E-state index contributed by atoms with van der Waals surface area (Å²) in [5.41, 5.74) is 10.5. The lowest BCUT2D eigenvalue weighted by Gasteiger charge is -2.43. The Hall–Kier alpha value is -6.56. The summed E-state index contributed by atoms with van der Waals surface area (Å²) in [6.07, 6.45) is -9.52. The highest BCUT2D eigenvalue weighted by Gasteiger charge is 2.47. The van der Waals surface area contributed by atoms with Gasteiger partial charge in [-0.3, -0.25) is 57.5 Å². The lowest BCUT2D eigenvalue weighted by Crippen LogP contribution is -2.66. The molecule has 0 unspecified atom stereocenters. The van der Waals surface area contributed by atoms with Crippen molar-refractivity contribution in [3.63, 3.8) is 0 Å². The molecule has 29 nitrogen and oxygen atoms in total. The number of likely N-dealkylation sites (tertiary alicyclic amines) is 1. The number of carboxylic acids is 1. The topological polar surface area (TPSA) is 456 Å². The molecule has 29 heteroatoms. The number of amides is 11. The number of aliphatic hydroxyl groups excluding tert-OH is 3. The first kappa shape index (κ1) is 60.6. The van der Waals surface area contributed by atoms with E-state index in [9.17, 15) is 72.9 Å². The van der Waals surface area contributed by atoms with Gasteiger partial charge in [-0.25, -0.2) is 0 Å². The molecule has 2 fully saturated rings. The second-order valence-electron chi connectivity index (χ2n) is 17.6. The molecule has 2 saturated heterocycles. The van der Waals surface area contributed by atoms with Crippen molar-refractivity contribution in [3.05, 3.63) is 0 Å². The minimum Gasteiger partial charge on any atom is -0.481 e. The molecule has 2 aliphatic heterocycles. The predicted octanol–water partition coefficient (Wildman–Crippen LogP) is -7.32. The molecule has 0 bridgehead atoms. The smallest absolute Gasteiger partial charge is 0.303 e. The Morgan fingerprint density at radius 1 is 0.704 bits per heavy atom. The predicted molar refractivity (Wildman–Crippen MR) is 242 cm³/mol. The molecule has 2 rings (SSSR count). The third-order valence-corrected chi connectivity index (χ3v) is 11.1. The van der Waals surface area contributed by atoms with Crippen LogP contribution < -0.4 is 54.0 Å². The zero-order valence-corrected chi connectivity index (χ0v) is 40.4. The highest BCUT2D eigenvalue weighted by atomic mass is 16.7. The van der Waals surface area contributed by atoms with E-state index in [1.54, 1.807) is 13.8 Å². The van der Waals surface area contributed by atoms with Crippen LogP contribution in [0.1, 0.15) is 86.5 Å². The van der Waals surface area contributed by atoms with Gasteiger partial charge in [-0.15, -0.1) is 0 Å². The summed E-state index contributed by atoms with van der Waals surface area (Å²) in [6, 6.07) is -10.3. The number of primary amides is 2. The number of nitrogens with two attached hydrogens (primary N) is 2. The van der Waals surface area contributed by atoms with Crippen LogP contribution in [0.15, 0.2) is 0 Å². The molecule has 2 aliphatic rings. The summed E-state index contributed by atoms with van der Waals surface area (Å²) in [4.78, 5) is 154. The molecule has 0 aliphatic carbocycles. The number of nitrogens with zero attached hydrogens (tertiary/aromatic N) is 1. The highest BCUT2D eigenvalue weighted by molar-refractivity contribution is 5.97. The van der Waals surface area contributed by atoms with Crippen LogP contribution in [-0.2, 0) is 67.0 Å². The van der Waals surface area contributed by atoms with Crippen molar-refractivity contribution in [1.29, 1.82) is 0 Å². The largest absolute Gasteiger partial charge is 0.481 e. The van der Waals surface area contributed by atoms with E-state index in [1.165, 1.54) is 18.7 Å². The summed E-state index contributed by atoms with van der Waals surface area (Å²) in [5, 5.41) is 59.4. The van der Waals surface area contributed by atoms with Crippen molar-refractivity contribution in [2.24, 2.45) is 17.4 Å². The van der Waals surface area contributed by atoms with Crippen LogP contribution in [0.5, 0.6) is 0 Å². The number of aliphatic carboxylic acids is 1. The Morgan fingerprint density at radius 2 is 1.31 bits per heavy atom. The molecule has 0 aromatic heterocycles. The number of hydrogen-bond donors (Lipinski definition) is 14. The molecule has 0 aromatic rings. The summed E-state index contributed by atoms with van der Waals surface area (Å²) in [7, 11) is 0. The standard InChI is InChI=1S/C42H69N11O18/c1-18(2)14-25(51-38(66)24(48-21(5)55)10-12-31(60)61)39(67)47-19(3)36(64)52-32(20(4)70-42-33(49-22(6)56)35(63)34(62)27(17-54)71-42)41(69)50-23(9-11-28(43)57)37(65)46-16-30(59)53-13-7-8-26(53)40(68)45-15-29(44)58/h18-20,23-27,32-35,42,54,62-63H,7-17H2,1-6H3,(H2,43,57)(H2,44,58)(H,45,68)(H,46,65)(H,47,67)(H,48,55)(H,49,56)(H,50,69)(H,51,66)(H,52,64)(H,60,61)/t19-,20+,23-,24-,25-,26-,27+,32-,33+,34-,35+,42-/m0/s1. The zero-order valence-electron chi connectivity index (χ0n) is 40.4. The Kier molecular flexibility index (Phi) is 24.7. The Labute approximate surface area is 408 Å². The van der Waals surface area contributed by atoms with E-state index in [0.717, 1.165) is 13.8 Å². The van der Waals surface area contributed by atoms with Gasteiger partial charge in [-0.05, 0) is 51.9 Å². The molecule has 0 radical (unpaired) electrons. The number of carboxylic acid groups (broad SMARTS) is 1. The van der Waals surface area contributed by atoms with E-state index >= 15 is 0 Å². The zero-order chi connectivity index (χ0) is 53.9. The van der Waals surface area contributed by atoms with Gasteiger partial charge in [-0.2, -0.15) is 0 Å². The molecule has 0 saturated carbocycles. The molecule has 12 atom stereocenters. The van der Waals surface area contributed by atoms with Gasteiger partial charge in [-0.1, -0.05) is 13.8 Å². The van der Waals surface area contributed by atoms with Crippen LogP contribution in [0.4, 0.5) is 0 Å². The first-order valence-corrected chi connectivity index (χ1v) is 22.8. The fraction of sp³-hybridized carbons (Fsp3) is 0.714. The summed E-state index contributed by atoms with van der Waals surface area (Å²) in [6.45, 7) is 6.08. The Morgan fingerprint density at radius 3 is 1.87 bits per heavy atom. The Bertz CT molecular complexity index is 1960. The maximum atomic E-state index is 14.3. The number of rotatable bonds is 28. The third-order valence-electron chi connectivity index (χ3n) is 11.1. The van der Waals surface area contributed by atoms with Gasteiger partial charge in [0.05, 0.1) is 25.8 Å². The monoisotopic (exact) mass is 1020 g/mol. The number of aliphatic hydroxyl groups is 3. The van der Waals surface area contributed by atoms with E-state index in [1.807, 2.05) is 0 Å². The third kappa shape index (κ3) is 20.0. The molecule has 71 heavy (non-hydrogen) atoms. The molecule has 0 aromatic carbocycles. The highest BCUT2D eigenvalue weighted by Crippen LogP contribution is 2.24. The number of carbonyl (C=O) groups excluding carboxylic acids is 11. The average Bonchev–Trinajstić information content (AvgIpc) is 3.78. The van der Waals surface area contributed by atoms with E-state index in [0.29, 0.717) is 6.42 Å². The normalized spacial score (nSPS) is 22.2. The fourth-order valence-corrected chi connectivity index (χ4v) is 7.52. The maximum absolute atomic E-state index is 14.3. The SMILES string of the molecule is CC(=O)N[C@H]1[C@@H](O[C@H](C)[C@H](NC(=O)[C@H](C)NC(=O)[C@H](CC(C)C)NC(=O)[C@H](CCC(=O)O)NC(C)=O)C(=O)N[C@@H](CCC(N)=O)C(=O)NCC(=O)N2CCC[C@H]2C(=O)NCC(N)=O)O[C@H](CO)[C@H](O)[C@@H]1O. The van der Waals surface area contributed by atoms with Gasteiger partial charge in [0.25, 0.3) is 0 Å². The number of carbonyl (C=O) groups is 12. The van der Waals surface area contributed by atoms with Crippen LogP contribution in [0, 0.1) is 5.92 Å². The van der Waals surface area contributed by atoms with Crippen molar-refractivity contribution in [2.75, 3.05) is 26.2 Å². The van der Waals surface area contributed by atoms with Crippen molar-refractivity contribution >= 4 is 70.9 Å². The van der Waals surface area contributed by atoms with Crippen molar-refractivity contribution in [2.45, 2.75) is 159 Å². The molecule has 0 spiro atoms. The summed E-state index contributed by atoms with van der Waals surface area (Å²) in [5.74, 6) is -11.1. The lowest BCUT2D eigenvalue weighted by molar-refractivity contribution is -0.281. The van der Waals surface area contributed by atoms with Gasteiger partial charge in [0, 0.05) is 33.2 Å². The van der Waals surface area contributed by atoms with Crippen molar-refractivity contribution in [3.8, 4) is 0 Å². The first-order chi connectivity index (χ1) is 33.2. The van der Waals surface area contributed by atoms with Crippen molar-refractivity contribution in [1.82, 2.24) is 47.4 Å². The number of nitrogens with one attached hydrogen (secondary N) is 8. The maximum Gasteiger partial charge on any atom is 0.303 e. The van der Waals surface area contributed by atoms with Gasteiger partial charge in [0.1, 0.15) is 60.6 Å². The first-order valence-electron chi connectivity index (χ1n) is 22.8. The van der Waals surface area contributed by atoms with Crippen LogP contribution in [0.25, 0.3) is 0 Å². The van der Waals surface area contributed by atoms with Gasteiger partial charge >= 0.3 is 5.97 Å². The molecule has 11 amide bonds. The molecular weight excluding hydrogens is 947 g/mol. The average molecular weight is 1020 g/mol. The van der Waals surface area contributed by atoms with Gasteiger partial charge < -0.3 is 88.8 Å². The second-order valence-corrected chi connectivity index (χ2v) is 17.6. The van der Waals surface area contributed by atoms with E-state index in [4.69, 9.17) is 26.0 Å². The van der Waals surface area contributed by atoms with Crippen LogP contribution in [-0.4, -0.2) is 196 Å². The fourth-order valence-electron chi connectivity index (χ4n) is 7.52. The molecule has 2 heterocycles. The summed E-state index contributed by atoms with van der Waals surface area (Å²) >= 11 is 0. The molecule has 400 valence electrons. The molecule has 16 N–H and O–H groups in total. The minimum atomic E-state index is -1.91.